The van der Waals surface area contributed by atoms with Crippen LogP contribution < -0.4 is 4.74 Å². The Bertz CT molecular complexity index is 487. The van der Waals surface area contributed by atoms with Gasteiger partial charge in [0.05, 0.1) is 12.7 Å². The van der Waals surface area contributed by atoms with Crippen molar-refractivity contribution >= 4 is 11.8 Å². The molecule has 0 unspecified atom stereocenters. The van der Waals surface area contributed by atoms with Gasteiger partial charge < -0.3 is 9.84 Å². The molecule has 0 saturated carbocycles. The first kappa shape index (κ1) is 14.0. The molecule has 0 aliphatic carbocycles. The van der Waals surface area contributed by atoms with Gasteiger partial charge in [-0.1, -0.05) is 19.9 Å². The Morgan fingerprint density at radius 2 is 1.94 bits per heavy atom. The summed E-state index contributed by atoms with van der Waals surface area (Å²) in [6.07, 6.45) is 1.86. The molecule has 96 valence electrons. The highest BCUT2D eigenvalue weighted by molar-refractivity contribution is 6.08. The number of carboxylic acids is 1. The molecule has 0 heterocycles. The van der Waals surface area contributed by atoms with Gasteiger partial charge in [-0.15, -0.1) is 0 Å². The summed E-state index contributed by atoms with van der Waals surface area (Å²) in [6.45, 7) is 4.03. The third-order valence-electron chi connectivity index (χ3n) is 2.53. The van der Waals surface area contributed by atoms with Crippen LogP contribution >= 0.6 is 0 Å². The van der Waals surface area contributed by atoms with Gasteiger partial charge in [-0.2, -0.15) is 0 Å². The van der Waals surface area contributed by atoms with Crippen molar-refractivity contribution in [2.45, 2.75) is 19.8 Å². The topological polar surface area (TPSA) is 63.6 Å². The smallest absolute Gasteiger partial charge is 0.328 e. The molecule has 18 heavy (non-hydrogen) atoms. The van der Waals surface area contributed by atoms with E-state index in [4.69, 9.17) is 9.84 Å². The fourth-order valence-corrected chi connectivity index (χ4v) is 1.51. The summed E-state index contributed by atoms with van der Waals surface area (Å²) in [4.78, 5) is 22.3. The van der Waals surface area contributed by atoms with Gasteiger partial charge in [0.15, 0.2) is 5.78 Å². The minimum absolute atomic E-state index is 0.283. The van der Waals surface area contributed by atoms with Crippen LogP contribution in [0.15, 0.2) is 30.4 Å². The van der Waals surface area contributed by atoms with Crippen molar-refractivity contribution in [3.8, 4) is 5.75 Å². The van der Waals surface area contributed by atoms with Crippen LogP contribution in [0, 0.1) is 0 Å². The molecule has 1 aromatic rings. The van der Waals surface area contributed by atoms with E-state index in [2.05, 4.69) is 0 Å². The SMILES string of the molecule is COc1ccc(C(C)C)cc1C(=O)/C=C/C(=O)O. The monoisotopic (exact) mass is 248 g/mol. The molecule has 0 fully saturated rings. The van der Waals surface area contributed by atoms with Crippen molar-refractivity contribution in [1.29, 1.82) is 0 Å². The standard InChI is InChI=1S/C14H16O4/c1-9(2)10-4-6-13(18-3)11(8-10)12(15)5-7-14(16)17/h4-9H,1-3H3,(H,16,17)/b7-5+. The number of ketones is 1. The van der Waals surface area contributed by atoms with Crippen LogP contribution in [0.2, 0.25) is 0 Å². The zero-order valence-corrected chi connectivity index (χ0v) is 10.6. The van der Waals surface area contributed by atoms with E-state index in [0.29, 0.717) is 11.3 Å². The Morgan fingerprint density at radius 1 is 1.28 bits per heavy atom. The predicted molar refractivity (Wildman–Crippen MR) is 68.2 cm³/mol. The Balaban J connectivity index is 3.15. The lowest BCUT2D eigenvalue weighted by Gasteiger charge is -2.10. The molecule has 0 spiro atoms. The fraction of sp³-hybridized carbons (Fsp3) is 0.286. The summed E-state index contributed by atoms with van der Waals surface area (Å²) < 4.78 is 5.11. The van der Waals surface area contributed by atoms with Gasteiger partial charge in [-0.05, 0) is 29.7 Å². The van der Waals surface area contributed by atoms with E-state index in [1.165, 1.54) is 7.11 Å². The fourth-order valence-electron chi connectivity index (χ4n) is 1.51. The van der Waals surface area contributed by atoms with E-state index in [1.807, 2.05) is 19.9 Å². The molecule has 1 rings (SSSR count). The zero-order chi connectivity index (χ0) is 13.7. The third-order valence-corrected chi connectivity index (χ3v) is 2.53. The second kappa shape index (κ2) is 6.00. The highest BCUT2D eigenvalue weighted by Crippen LogP contribution is 2.24. The molecule has 0 aliphatic heterocycles. The first-order valence-corrected chi connectivity index (χ1v) is 5.59. The third kappa shape index (κ3) is 3.45. The molecule has 0 atom stereocenters. The van der Waals surface area contributed by atoms with E-state index in [-0.39, 0.29) is 11.7 Å². The maximum Gasteiger partial charge on any atom is 0.328 e. The molecule has 4 heteroatoms. The number of rotatable bonds is 5. The average Bonchev–Trinajstić information content (AvgIpc) is 2.34. The maximum atomic E-state index is 11.9. The van der Waals surface area contributed by atoms with E-state index >= 15 is 0 Å². The Labute approximate surface area is 106 Å². The molecule has 0 aromatic heterocycles. The van der Waals surface area contributed by atoms with Gasteiger partial charge in [0.2, 0.25) is 0 Å². The van der Waals surface area contributed by atoms with Crippen molar-refractivity contribution in [1.82, 2.24) is 0 Å². The lowest BCUT2D eigenvalue weighted by Crippen LogP contribution is -2.02. The molecule has 0 saturated heterocycles. The lowest BCUT2D eigenvalue weighted by atomic mass is 9.98. The molecule has 0 bridgehead atoms. The Hall–Kier alpha value is -2.10. The van der Waals surface area contributed by atoms with Gasteiger partial charge in [-0.25, -0.2) is 4.79 Å². The lowest BCUT2D eigenvalue weighted by molar-refractivity contribution is -0.131. The number of carbonyl (C=O) groups excluding carboxylic acids is 1. The number of ether oxygens (including phenoxy) is 1. The van der Waals surface area contributed by atoms with E-state index in [9.17, 15) is 9.59 Å². The highest BCUT2D eigenvalue weighted by Gasteiger charge is 2.12. The summed E-state index contributed by atoms with van der Waals surface area (Å²) in [6, 6.07) is 5.34. The number of carbonyl (C=O) groups is 2. The largest absolute Gasteiger partial charge is 0.496 e. The summed E-state index contributed by atoms with van der Waals surface area (Å²) in [5, 5.41) is 8.51. The van der Waals surface area contributed by atoms with Gasteiger partial charge >= 0.3 is 5.97 Å². The molecule has 0 aliphatic rings. The van der Waals surface area contributed by atoms with E-state index < -0.39 is 5.97 Å². The normalized spacial score (nSPS) is 10.9. The van der Waals surface area contributed by atoms with Crippen molar-refractivity contribution in [2.75, 3.05) is 7.11 Å². The quantitative estimate of drug-likeness (QED) is 0.642. The van der Waals surface area contributed by atoms with Crippen LogP contribution in [-0.4, -0.2) is 24.0 Å². The first-order valence-electron chi connectivity index (χ1n) is 5.59. The first-order chi connectivity index (χ1) is 8.45. The molecule has 0 radical (unpaired) electrons. The number of benzene rings is 1. The second-order valence-electron chi connectivity index (χ2n) is 4.15. The number of carboxylic acid groups (broad SMARTS) is 1. The van der Waals surface area contributed by atoms with Crippen molar-refractivity contribution in [3.63, 3.8) is 0 Å². The van der Waals surface area contributed by atoms with Gasteiger partial charge in [0.1, 0.15) is 5.75 Å². The zero-order valence-electron chi connectivity index (χ0n) is 10.6. The molecule has 4 nitrogen and oxygen atoms in total. The number of aliphatic carboxylic acids is 1. The summed E-state index contributed by atoms with van der Waals surface area (Å²) in [5.74, 6) is -0.801. The molecule has 0 amide bonds. The minimum Gasteiger partial charge on any atom is -0.496 e. The number of allylic oxidation sites excluding steroid dienone is 1. The Kier molecular flexibility index (Phi) is 4.66. The summed E-state index contributed by atoms with van der Waals surface area (Å²) in [5.41, 5.74) is 1.38. The van der Waals surface area contributed by atoms with Crippen LogP contribution in [-0.2, 0) is 4.79 Å². The van der Waals surface area contributed by atoms with Crippen LogP contribution in [0.3, 0.4) is 0 Å². The van der Waals surface area contributed by atoms with Gasteiger partial charge in [0, 0.05) is 6.08 Å². The molecular formula is C14H16O4. The van der Waals surface area contributed by atoms with Gasteiger partial charge in [0.25, 0.3) is 0 Å². The van der Waals surface area contributed by atoms with Gasteiger partial charge in [-0.3, -0.25) is 4.79 Å². The number of hydrogen-bond donors (Lipinski definition) is 1. The van der Waals surface area contributed by atoms with Crippen molar-refractivity contribution < 1.29 is 19.4 Å². The van der Waals surface area contributed by atoms with Crippen molar-refractivity contribution in [3.05, 3.63) is 41.5 Å². The molecule has 1 N–H and O–H groups in total. The van der Waals surface area contributed by atoms with E-state index in [1.54, 1.807) is 12.1 Å². The van der Waals surface area contributed by atoms with Crippen LogP contribution in [0.5, 0.6) is 5.75 Å². The number of methoxy groups -OCH3 is 1. The molecule has 1 aromatic carbocycles. The van der Waals surface area contributed by atoms with E-state index in [0.717, 1.165) is 17.7 Å². The van der Waals surface area contributed by atoms with Crippen LogP contribution in [0.4, 0.5) is 0 Å². The Morgan fingerprint density at radius 3 is 2.44 bits per heavy atom. The maximum absolute atomic E-state index is 11.9. The number of hydrogen-bond acceptors (Lipinski definition) is 3. The molecular weight excluding hydrogens is 232 g/mol. The minimum atomic E-state index is -1.15. The summed E-state index contributed by atoms with van der Waals surface area (Å²) >= 11 is 0. The predicted octanol–water partition coefficient (Wildman–Crippen LogP) is 2.64. The average molecular weight is 248 g/mol. The highest BCUT2D eigenvalue weighted by atomic mass is 16.5. The van der Waals surface area contributed by atoms with Crippen LogP contribution in [0.25, 0.3) is 0 Å². The summed E-state index contributed by atoms with van der Waals surface area (Å²) in [7, 11) is 1.47. The second-order valence-corrected chi connectivity index (χ2v) is 4.15. The van der Waals surface area contributed by atoms with Crippen molar-refractivity contribution in [2.24, 2.45) is 0 Å². The van der Waals surface area contributed by atoms with Crippen LogP contribution in [0.1, 0.15) is 35.7 Å².